The van der Waals surface area contributed by atoms with Crippen LogP contribution in [0.15, 0.2) is 72.8 Å². The summed E-state index contributed by atoms with van der Waals surface area (Å²) in [6, 6.07) is 24.2. The van der Waals surface area contributed by atoms with Crippen molar-refractivity contribution in [2.75, 3.05) is 19.8 Å². The van der Waals surface area contributed by atoms with Crippen LogP contribution in [-0.2, 0) is 9.47 Å². The Morgan fingerprint density at radius 1 is 0.886 bits per heavy atom. The molecule has 1 amide bonds. The number of rotatable bonds is 4. The number of hydrogen-bond acceptors (Lipinski definition) is 4. The van der Waals surface area contributed by atoms with Crippen LogP contribution in [0.2, 0.25) is 0 Å². The van der Waals surface area contributed by atoms with Gasteiger partial charge >= 0.3 is 6.09 Å². The van der Waals surface area contributed by atoms with Crippen molar-refractivity contribution in [3.05, 3.63) is 95.1 Å². The van der Waals surface area contributed by atoms with Crippen LogP contribution in [0.5, 0.6) is 0 Å². The number of carbonyl (C=O) groups is 2. The van der Waals surface area contributed by atoms with Gasteiger partial charge in [0.1, 0.15) is 6.61 Å². The lowest BCUT2D eigenvalue weighted by atomic mass is 9.80. The number of ether oxygens (including phenoxy) is 2. The van der Waals surface area contributed by atoms with E-state index in [1.54, 1.807) is 0 Å². The fourth-order valence-corrected chi connectivity index (χ4v) is 6.13. The Bertz CT molecular complexity index is 1230. The van der Waals surface area contributed by atoms with Crippen molar-refractivity contribution >= 4 is 11.9 Å². The highest BCUT2D eigenvalue weighted by Crippen LogP contribution is 2.44. The second-order valence-electron chi connectivity index (χ2n) is 9.96. The van der Waals surface area contributed by atoms with E-state index >= 15 is 0 Å². The normalized spacial score (nSPS) is 22.9. The zero-order valence-electron chi connectivity index (χ0n) is 19.9. The van der Waals surface area contributed by atoms with Crippen LogP contribution in [0.4, 0.5) is 4.79 Å². The first-order chi connectivity index (χ1) is 17.1. The molecule has 35 heavy (non-hydrogen) atoms. The molecule has 2 saturated heterocycles. The van der Waals surface area contributed by atoms with Gasteiger partial charge in [0, 0.05) is 17.4 Å². The second-order valence-corrected chi connectivity index (χ2v) is 9.96. The summed E-state index contributed by atoms with van der Waals surface area (Å²) >= 11 is 0. The van der Waals surface area contributed by atoms with Gasteiger partial charge in [0.05, 0.1) is 25.3 Å². The molecule has 2 aliphatic heterocycles. The van der Waals surface area contributed by atoms with Gasteiger partial charge in [0.25, 0.3) is 0 Å². The summed E-state index contributed by atoms with van der Waals surface area (Å²) in [4.78, 5) is 28.4. The number of piperidine rings is 1. The van der Waals surface area contributed by atoms with Crippen molar-refractivity contribution in [1.82, 2.24) is 4.90 Å². The van der Waals surface area contributed by atoms with Crippen molar-refractivity contribution in [2.45, 2.75) is 37.8 Å². The number of benzene rings is 3. The van der Waals surface area contributed by atoms with Crippen molar-refractivity contribution in [3.8, 4) is 11.1 Å². The van der Waals surface area contributed by atoms with Gasteiger partial charge in [0.15, 0.2) is 5.78 Å². The summed E-state index contributed by atoms with van der Waals surface area (Å²) in [5, 5.41) is 0. The van der Waals surface area contributed by atoms with Crippen LogP contribution in [-0.4, -0.2) is 48.7 Å². The lowest BCUT2D eigenvalue weighted by Crippen LogP contribution is -2.60. The standard InChI is InChI=1S/C30H29NO4/c1-19-7-6-8-20(13-19)29(32)21-14-22-16-34-17-23(15-21)31(22)30(33)35-18-28-26-11-4-2-9-24(26)25-10-3-5-12-27(25)28/h2-13,21-23,28H,14-18H2,1H3. The molecule has 3 aromatic carbocycles. The average molecular weight is 468 g/mol. The smallest absolute Gasteiger partial charge is 0.410 e. The first-order valence-electron chi connectivity index (χ1n) is 12.4. The number of nitrogens with zero attached hydrogens (tertiary/aromatic N) is 1. The lowest BCUT2D eigenvalue weighted by molar-refractivity contribution is -0.0747. The highest BCUT2D eigenvalue weighted by Gasteiger charge is 2.45. The van der Waals surface area contributed by atoms with Gasteiger partial charge in [-0.1, -0.05) is 72.3 Å². The quantitative estimate of drug-likeness (QED) is 0.468. The van der Waals surface area contributed by atoms with Crippen LogP contribution < -0.4 is 0 Å². The van der Waals surface area contributed by atoms with E-state index in [0.29, 0.717) is 32.7 Å². The molecular formula is C30H29NO4. The third kappa shape index (κ3) is 3.94. The van der Waals surface area contributed by atoms with Crippen LogP contribution in [0.25, 0.3) is 11.1 Å². The summed E-state index contributed by atoms with van der Waals surface area (Å²) in [5.41, 5.74) is 6.66. The third-order valence-corrected chi connectivity index (χ3v) is 7.74. The Labute approximate surface area is 205 Å². The first kappa shape index (κ1) is 22.1. The van der Waals surface area contributed by atoms with E-state index in [-0.39, 0.29) is 35.8 Å². The maximum atomic E-state index is 13.3. The van der Waals surface area contributed by atoms with Gasteiger partial charge in [-0.2, -0.15) is 0 Å². The summed E-state index contributed by atoms with van der Waals surface area (Å²) < 4.78 is 11.7. The predicted molar refractivity (Wildman–Crippen MR) is 134 cm³/mol. The summed E-state index contributed by atoms with van der Waals surface area (Å²) in [6.45, 7) is 3.19. The molecule has 0 saturated carbocycles. The predicted octanol–water partition coefficient (Wildman–Crippen LogP) is 5.61. The van der Waals surface area contributed by atoms with Crippen molar-refractivity contribution in [2.24, 2.45) is 5.92 Å². The van der Waals surface area contributed by atoms with Crippen LogP contribution in [0, 0.1) is 12.8 Å². The lowest BCUT2D eigenvalue weighted by Gasteiger charge is -2.47. The molecule has 5 nitrogen and oxygen atoms in total. The number of morpholine rings is 1. The second kappa shape index (κ2) is 8.97. The highest BCUT2D eigenvalue weighted by atomic mass is 16.6. The third-order valence-electron chi connectivity index (χ3n) is 7.74. The molecule has 6 rings (SSSR count). The van der Waals surface area contributed by atoms with E-state index in [2.05, 4.69) is 24.3 Å². The molecule has 3 aromatic rings. The molecule has 0 radical (unpaired) electrons. The fourth-order valence-electron chi connectivity index (χ4n) is 6.13. The average Bonchev–Trinajstić information content (AvgIpc) is 3.20. The highest BCUT2D eigenvalue weighted by molar-refractivity contribution is 5.98. The maximum Gasteiger partial charge on any atom is 0.410 e. The van der Waals surface area contributed by atoms with E-state index in [0.717, 1.165) is 11.1 Å². The molecule has 3 aliphatic rings. The molecule has 2 fully saturated rings. The molecule has 178 valence electrons. The molecule has 1 aliphatic carbocycles. The van der Waals surface area contributed by atoms with Crippen molar-refractivity contribution in [1.29, 1.82) is 0 Å². The monoisotopic (exact) mass is 467 g/mol. The minimum absolute atomic E-state index is 0.0304. The molecule has 0 aromatic heterocycles. The Morgan fingerprint density at radius 3 is 2.14 bits per heavy atom. The van der Waals surface area contributed by atoms with Crippen LogP contribution in [0.3, 0.4) is 0 Å². The van der Waals surface area contributed by atoms with E-state index in [4.69, 9.17) is 9.47 Å². The minimum atomic E-state index is -0.299. The fraction of sp³-hybridized carbons (Fsp3) is 0.333. The molecule has 2 heterocycles. The zero-order valence-corrected chi connectivity index (χ0v) is 19.9. The number of fused-ring (bicyclic) bond motifs is 5. The molecule has 0 N–H and O–H groups in total. The van der Waals surface area contributed by atoms with Gasteiger partial charge in [-0.15, -0.1) is 0 Å². The van der Waals surface area contributed by atoms with Gasteiger partial charge < -0.3 is 9.47 Å². The zero-order chi connectivity index (χ0) is 23.9. The van der Waals surface area contributed by atoms with Crippen molar-refractivity contribution in [3.63, 3.8) is 0 Å². The number of amides is 1. The molecule has 2 bridgehead atoms. The van der Waals surface area contributed by atoms with E-state index in [1.807, 2.05) is 60.4 Å². The van der Waals surface area contributed by atoms with Crippen LogP contribution in [0.1, 0.15) is 45.8 Å². The number of hydrogen-bond donors (Lipinski definition) is 0. The number of aryl methyl sites for hydroxylation is 1. The van der Waals surface area contributed by atoms with Crippen molar-refractivity contribution < 1.29 is 19.1 Å². The molecular weight excluding hydrogens is 438 g/mol. The first-order valence-corrected chi connectivity index (χ1v) is 12.4. The number of ketones is 1. The molecule has 2 atom stereocenters. The van der Waals surface area contributed by atoms with E-state index in [1.165, 1.54) is 22.3 Å². The summed E-state index contributed by atoms with van der Waals surface area (Å²) in [6.07, 6.45) is 0.910. The molecule has 2 unspecified atom stereocenters. The van der Waals surface area contributed by atoms with Gasteiger partial charge in [-0.05, 0) is 48.1 Å². The SMILES string of the molecule is Cc1cccc(C(=O)C2CC3COCC(C2)N3C(=O)OCC2c3ccccc3-c3ccccc32)c1. The topological polar surface area (TPSA) is 55.8 Å². The Morgan fingerprint density at radius 2 is 1.51 bits per heavy atom. The van der Waals surface area contributed by atoms with E-state index < -0.39 is 0 Å². The number of Topliss-reactive ketones (excluding diaryl/α,β-unsaturated/α-hetero) is 1. The van der Waals surface area contributed by atoms with Gasteiger partial charge in [-0.25, -0.2) is 4.79 Å². The van der Waals surface area contributed by atoms with Gasteiger partial charge in [-0.3, -0.25) is 9.69 Å². The maximum absolute atomic E-state index is 13.3. The van der Waals surface area contributed by atoms with Gasteiger partial charge in [0.2, 0.25) is 0 Å². The Balaban J connectivity index is 1.17. The van der Waals surface area contributed by atoms with E-state index in [9.17, 15) is 9.59 Å². The Kier molecular flexibility index (Phi) is 5.65. The Hall–Kier alpha value is -3.44. The summed E-state index contributed by atoms with van der Waals surface area (Å²) in [7, 11) is 0. The number of carbonyl (C=O) groups excluding carboxylic acids is 2. The summed E-state index contributed by atoms with van der Waals surface area (Å²) in [5.74, 6) is 0.0917. The molecule has 5 heteroatoms. The molecule has 0 spiro atoms. The largest absolute Gasteiger partial charge is 0.448 e. The van der Waals surface area contributed by atoms with Crippen LogP contribution >= 0.6 is 0 Å². The minimum Gasteiger partial charge on any atom is -0.448 e.